The summed E-state index contributed by atoms with van der Waals surface area (Å²) < 4.78 is 0. The minimum atomic E-state index is 0.0382. The van der Waals surface area contributed by atoms with Crippen molar-refractivity contribution in [2.45, 2.75) is 52.0 Å². The summed E-state index contributed by atoms with van der Waals surface area (Å²) in [4.78, 5) is 11.2. The summed E-state index contributed by atoms with van der Waals surface area (Å²) in [5.41, 5.74) is 4.06. The zero-order valence-corrected chi connectivity index (χ0v) is 12.8. The van der Waals surface area contributed by atoms with Crippen LogP contribution in [0.15, 0.2) is 18.2 Å². The Labute approximate surface area is 122 Å². The van der Waals surface area contributed by atoms with E-state index in [1.165, 1.54) is 29.5 Å². The normalized spacial score (nSPS) is 16.4. The van der Waals surface area contributed by atoms with E-state index in [9.17, 15) is 4.79 Å². The maximum Gasteiger partial charge on any atom is 0.217 e. The number of hydrogen-bond acceptors (Lipinski definition) is 2. The van der Waals surface area contributed by atoms with E-state index < -0.39 is 0 Å². The number of benzene rings is 1. The predicted molar refractivity (Wildman–Crippen MR) is 82.9 cm³/mol. The number of nitrogens with one attached hydrogen (secondary N) is 2. The van der Waals surface area contributed by atoms with Gasteiger partial charge in [-0.05, 0) is 54.5 Å². The molecule has 0 unspecified atom stereocenters. The first-order valence-electron chi connectivity index (χ1n) is 7.65. The first-order valence-corrected chi connectivity index (χ1v) is 7.65. The highest BCUT2D eigenvalue weighted by Crippen LogP contribution is 2.30. The minimum absolute atomic E-state index is 0.0382. The van der Waals surface area contributed by atoms with Crippen LogP contribution < -0.4 is 10.6 Å². The Morgan fingerprint density at radius 2 is 2.05 bits per heavy atom. The van der Waals surface area contributed by atoms with Crippen molar-refractivity contribution in [3.63, 3.8) is 0 Å². The van der Waals surface area contributed by atoms with Gasteiger partial charge in [0.1, 0.15) is 0 Å². The number of carbonyl (C=O) groups is 1. The number of carbonyl (C=O) groups excluding carboxylic acids is 1. The summed E-state index contributed by atoms with van der Waals surface area (Å²) in [6.45, 7) is 8.83. The second-order valence-corrected chi connectivity index (χ2v) is 6.05. The third-order valence-corrected chi connectivity index (χ3v) is 4.14. The Kier molecular flexibility index (Phi) is 5.18. The van der Waals surface area contributed by atoms with E-state index in [-0.39, 0.29) is 5.91 Å². The molecule has 1 amide bonds. The van der Waals surface area contributed by atoms with Crippen LogP contribution in [0.25, 0.3) is 0 Å². The zero-order chi connectivity index (χ0) is 14.5. The Hall–Kier alpha value is -1.35. The maximum absolute atomic E-state index is 11.2. The molecule has 0 spiro atoms. The fraction of sp³-hybridized carbons (Fsp3) is 0.588. The summed E-state index contributed by atoms with van der Waals surface area (Å²) in [5, 5.41) is 6.37. The molecule has 1 heterocycles. The molecule has 1 aromatic rings. The van der Waals surface area contributed by atoms with Crippen molar-refractivity contribution < 1.29 is 4.79 Å². The molecule has 1 fully saturated rings. The molecule has 0 aromatic heterocycles. The molecule has 3 nitrogen and oxygen atoms in total. The zero-order valence-electron chi connectivity index (χ0n) is 12.8. The fourth-order valence-corrected chi connectivity index (χ4v) is 2.89. The van der Waals surface area contributed by atoms with Gasteiger partial charge in [0.15, 0.2) is 0 Å². The lowest BCUT2D eigenvalue weighted by molar-refractivity contribution is -0.119. The summed E-state index contributed by atoms with van der Waals surface area (Å²) in [6, 6.07) is 6.81. The lowest BCUT2D eigenvalue weighted by atomic mass is 9.85. The Morgan fingerprint density at radius 3 is 2.65 bits per heavy atom. The predicted octanol–water partition coefficient (Wildman–Crippen LogP) is 2.91. The van der Waals surface area contributed by atoms with E-state index in [4.69, 9.17) is 0 Å². The van der Waals surface area contributed by atoms with Gasteiger partial charge in [-0.1, -0.05) is 32.0 Å². The summed E-state index contributed by atoms with van der Waals surface area (Å²) in [5.74, 6) is 1.19. The van der Waals surface area contributed by atoms with Crippen molar-refractivity contribution >= 4 is 5.91 Å². The molecule has 2 N–H and O–H groups in total. The molecule has 1 aliphatic rings. The smallest absolute Gasteiger partial charge is 0.217 e. The molecule has 0 atom stereocenters. The monoisotopic (exact) mass is 274 g/mol. The van der Waals surface area contributed by atoms with Crippen molar-refractivity contribution in [2.24, 2.45) is 0 Å². The molecule has 1 aromatic carbocycles. The largest absolute Gasteiger partial charge is 0.352 e. The van der Waals surface area contributed by atoms with Gasteiger partial charge in [-0.3, -0.25) is 4.79 Å². The fourth-order valence-electron chi connectivity index (χ4n) is 2.89. The lowest BCUT2D eigenvalue weighted by Gasteiger charge is -2.26. The van der Waals surface area contributed by atoms with E-state index in [0.717, 1.165) is 13.1 Å². The van der Waals surface area contributed by atoms with Crippen molar-refractivity contribution in [1.82, 2.24) is 10.6 Å². The summed E-state index contributed by atoms with van der Waals surface area (Å²) in [7, 11) is 0. The van der Waals surface area contributed by atoms with Gasteiger partial charge in [-0.2, -0.15) is 0 Å². The van der Waals surface area contributed by atoms with Gasteiger partial charge in [0.2, 0.25) is 5.91 Å². The number of amides is 1. The molecular weight excluding hydrogens is 248 g/mol. The van der Waals surface area contributed by atoms with Crippen LogP contribution >= 0.6 is 0 Å². The minimum Gasteiger partial charge on any atom is -0.352 e. The molecule has 3 heteroatoms. The van der Waals surface area contributed by atoms with Crippen LogP contribution in [0.4, 0.5) is 0 Å². The number of rotatable bonds is 4. The molecule has 2 rings (SSSR count). The maximum atomic E-state index is 11.2. The third kappa shape index (κ3) is 3.83. The molecule has 20 heavy (non-hydrogen) atoms. The van der Waals surface area contributed by atoms with Gasteiger partial charge in [0.05, 0.1) is 0 Å². The van der Waals surface area contributed by atoms with E-state index in [0.29, 0.717) is 18.4 Å². The van der Waals surface area contributed by atoms with Gasteiger partial charge in [0.25, 0.3) is 0 Å². The van der Waals surface area contributed by atoms with Crippen LogP contribution in [-0.4, -0.2) is 19.0 Å². The lowest BCUT2D eigenvalue weighted by Crippen LogP contribution is -2.28. The van der Waals surface area contributed by atoms with Crippen molar-refractivity contribution in [3.05, 3.63) is 34.9 Å². The molecule has 1 saturated heterocycles. The van der Waals surface area contributed by atoms with Gasteiger partial charge in [-0.15, -0.1) is 0 Å². The third-order valence-electron chi connectivity index (χ3n) is 4.14. The highest BCUT2D eigenvalue weighted by atomic mass is 16.1. The number of hydrogen-bond donors (Lipinski definition) is 2. The molecule has 110 valence electrons. The van der Waals surface area contributed by atoms with Crippen LogP contribution in [0.3, 0.4) is 0 Å². The molecule has 1 aliphatic heterocycles. The van der Waals surface area contributed by atoms with Gasteiger partial charge >= 0.3 is 0 Å². The SMILES string of the molecule is CC(=O)NCc1cc(C(C)C)ccc1C1CCNCC1. The van der Waals surface area contributed by atoms with E-state index in [2.05, 4.69) is 42.7 Å². The van der Waals surface area contributed by atoms with Crippen molar-refractivity contribution in [1.29, 1.82) is 0 Å². The van der Waals surface area contributed by atoms with Crippen LogP contribution in [0, 0.1) is 0 Å². The molecule has 0 aliphatic carbocycles. The molecular formula is C17H26N2O. The Bertz CT molecular complexity index is 462. The van der Waals surface area contributed by atoms with Crippen LogP contribution in [-0.2, 0) is 11.3 Å². The first-order chi connectivity index (χ1) is 9.58. The van der Waals surface area contributed by atoms with E-state index >= 15 is 0 Å². The molecule has 0 radical (unpaired) electrons. The van der Waals surface area contributed by atoms with Crippen LogP contribution in [0.1, 0.15) is 62.1 Å². The topological polar surface area (TPSA) is 41.1 Å². The highest BCUT2D eigenvalue weighted by molar-refractivity contribution is 5.72. The van der Waals surface area contributed by atoms with E-state index in [1.807, 2.05) is 0 Å². The highest BCUT2D eigenvalue weighted by Gasteiger charge is 2.18. The van der Waals surface area contributed by atoms with Crippen LogP contribution in [0.5, 0.6) is 0 Å². The van der Waals surface area contributed by atoms with Crippen molar-refractivity contribution in [3.8, 4) is 0 Å². The van der Waals surface area contributed by atoms with Crippen LogP contribution in [0.2, 0.25) is 0 Å². The van der Waals surface area contributed by atoms with Gasteiger partial charge in [-0.25, -0.2) is 0 Å². The van der Waals surface area contributed by atoms with Gasteiger partial charge < -0.3 is 10.6 Å². The standard InChI is InChI=1S/C17H26N2O/c1-12(2)15-4-5-17(14-6-8-18-9-7-14)16(10-15)11-19-13(3)20/h4-5,10,12,14,18H,6-9,11H2,1-3H3,(H,19,20). The molecule has 0 bridgehead atoms. The van der Waals surface area contributed by atoms with E-state index in [1.54, 1.807) is 6.92 Å². The molecule has 0 saturated carbocycles. The quantitative estimate of drug-likeness (QED) is 0.886. The summed E-state index contributed by atoms with van der Waals surface area (Å²) >= 11 is 0. The van der Waals surface area contributed by atoms with Crippen molar-refractivity contribution in [2.75, 3.05) is 13.1 Å². The average Bonchev–Trinajstić information content (AvgIpc) is 2.45. The second kappa shape index (κ2) is 6.89. The summed E-state index contributed by atoms with van der Waals surface area (Å²) in [6.07, 6.45) is 2.38. The Morgan fingerprint density at radius 1 is 1.35 bits per heavy atom. The Balaban J connectivity index is 2.25. The second-order valence-electron chi connectivity index (χ2n) is 6.05. The average molecular weight is 274 g/mol. The van der Waals surface area contributed by atoms with Gasteiger partial charge in [0, 0.05) is 13.5 Å². The number of piperidine rings is 1. The first kappa shape index (κ1) is 15.0.